The van der Waals surface area contributed by atoms with Gasteiger partial charge in [-0.2, -0.15) is 0 Å². The van der Waals surface area contributed by atoms with Gasteiger partial charge in [-0.15, -0.1) is 0 Å². The highest BCUT2D eigenvalue weighted by Gasteiger charge is 2.15. The summed E-state index contributed by atoms with van der Waals surface area (Å²) in [4.78, 5) is 35.5. The predicted molar refractivity (Wildman–Crippen MR) is 165 cm³/mol. The van der Waals surface area contributed by atoms with E-state index in [0.717, 1.165) is 22.3 Å². The predicted octanol–water partition coefficient (Wildman–Crippen LogP) is 6.13. The van der Waals surface area contributed by atoms with Crippen molar-refractivity contribution in [2.45, 2.75) is 38.8 Å². The SMILES string of the molecule is COc1ccc(-c2cc(OCc3cccc(OCCCC(=O)O)c3CCC(=O)O)cc(C(=O)NCc3ccccc3)c2)cc1. The van der Waals surface area contributed by atoms with Crippen LogP contribution in [0.25, 0.3) is 11.1 Å². The molecule has 3 N–H and O–H groups in total. The molecular formula is C35H35NO8. The summed E-state index contributed by atoms with van der Waals surface area (Å²) >= 11 is 0. The zero-order valence-electron chi connectivity index (χ0n) is 24.5. The number of hydrogen-bond acceptors (Lipinski definition) is 6. The normalized spacial score (nSPS) is 10.6. The van der Waals surface area contributed by atoms with Crippen LogP contribution in [0.5, 0.6) is 17.2 Å². The molecule has 0 radical (unpaired) electrons. The van der Waals surface area contributed by atoms with Gasteiger partial charge in [-0.25, -0.2) is 0 Å². The number of amides is 1. The first kappa shape index (κ1) is 31.6. The molecule has 0 heterocycles. The molecular weight excluding hydrogens is 562 g/mol. The maximum atomic E-state index is 13.2. The maximum absolute atomic E-state index is 13.2. The first-order valence-corrected chi connectivity index (χ1v) is 14.2. The number of aliphatic carboxylic acids is 2. The largest absolute Gasteiger partial charge is 0.497 e. The number of carboxylic acids is 2. The van der Waals surface area contributed by atoms with Crippen molar-refractivity contribution in [2.24, 2.45) is 0 Å². The molecule has 0 saturated carbocycles. The number of benzene rings is 4. The summed E-state index contributed by atoms with van der Waals surface area (Å²) in [5, 5.41) is 21.2. The van der Waals surface area contributed by atoms with Gasteiger partial charge in [0, 0.05) is 30.5 Å². The summed E-state index contributed by atoms with van der Waals surface area (Å²) in [5.74, 6) is -0.456. The van der Waals surface area contributed by atoms with Crippen LogP contribution in [0.1, 0.15) is 46.3 Å². The van der Waals surface area contributed by atoms with Gasteiger partial charge in [0.2, 0.25) is 0 Å². The van der Waals surface area contributed by atoms with Gasteiger partial charge in [-0.05, 0) is 71.5 Å². The third-order valence-electron chi connectivity index (χ3n) is 6.89. The van der Waals surface area contributed by atoms with Crippen molar-refractivity contribution >= 4 is 17.8 Å². The van der Waals surface area contributed by atoms with E-state index >= 15 is 0 Å². The second-order valence-corrected chi connectivity index (χ2v) is 10.1. The average Bonchev–Trinajstić information content (AvgIpc) is 3.04. The highest BCUT2D eigenvalue weighted by molar-refractivity contribution is 5.96. The molecule has 44 heavy (non-hydrogen) atoms. The Labute approximate surface area is 256 Å². The van der Waals surface area contributed by atoms with Crippen molar-refractivity contribution in [3.63, 3.8) is 0 Å². The second kappa shape index (κ2) is 15.8. The van der Waals surface area contributed by atoms with Crippen LogP contribution in [0.15, 0.2) is 91.0 Å². The van der Waals surface area contributed by atoms with Gasteiger partial charge in [0.05, 0.1) is 13.7 Å². The lowest BCUT2D eigenvalue weighted by molar-refractivity contribution is -0.138. The van der Waals surface area contributed by atoms with E-state index in [1.807, 2.05) is 66.7 Å². The quantitative estimate of drug-likeness (QED) is 0.131. The number of hydrogen-bond donors (Lipinski definition) is 3. The zero-order valence-corrected chi connectivity index (χ0v) is 24.5. The van der Waals surface area contributed by atoms with Crippen molar-refractivity contribution in [3.05, 3.63) is 113 Å². The number of nitrogens with one attached hydrogen (secondary N) is 1. The Morgan fingerprint density at radius 1 is 0.750 bits per heavy atom. The summed E-state index contributed by atoms with van der Waals surface area (Å²) < 4.78 is 17.4. The third-order valence-corrected chi connectivity index (χ3v) is 6.89. The molecule has 0 aromatic heterocycles. The van der Waals surface area contributed by atoms with E-state index in [0.29, 0.717) is 41.3 Å². The van der Waals surface area contributed by atoms with Crippen molar-refractivity contribution in [2.75, 3.05) is 13.7 Å². The highest BCUT2D eigenvalue weighted by Crippen LogP contribution is 2.30. The van der Waals surface area contributed by atoms with E-state index in [4.69, 9.17) is 19.3 Å². The molecule has 228 valence electrons. The first-order valence-electron chi connectivity index (χ1n) is 14.2. The van der Waals surface area contributed by atoms with Gasteiger partial charge >= 0.3 is 11.9 Å². The summed E-state index contributed by atoms with van der Waals surface area (Å²) in [5.41, 5.74) is 4.45. The number of carboxylic acid groups (broad SMARTS) is 2. The monoisotopic (exact) mass is 597 g/mol. The number of ether oxygens (including phenoxy) is 3. The molecule has 0 bridgehead atoms. The summed E-state index contributed by atoms with van der Waals surface area (Å²) in [6.07, 6.45) is 0.393. The Morgan fingerprint density at radius 2 is 1.50 bits per heavy atom. The lowest BCUT2D eigenvalue weighted by Gasteiger charge is -2.17. The molecule has 0 aliphatic heterocycles. The lowest BCUT2D eigenvalue weighted by Crippen LogP contribution is -2.22. The smallest absolute Gasteiger partial charge is 0.303 e. The van der Waals surface area contributed by atoms with E-state index in [1.54, 1.807) is 31.4 Å². The third kappa shape index (κ3) is 9.35. The van der Waals surface area contributed by atoms with Gasteiger partial charge in [-0.3, -0.25) is 14.4 Å². The molecule has 0 aliphatic rings. The topological polar surface area (TPSA) is 131 Å². The molecule has 0 fully saturated rings. The van der Waals surface area contributed by atoms with Gasteiger partial charge in [0.15, 0.2) is 0 Å². The maximum Gasteiger partial charge on any atom is 0.303 e. The highest BCUT2D eigenvalue weighted by atomic mass is 16.5. The first-order chi connectivity index (χ1) is 21.3. The van der Waals surface area contributed by atoms with Crippen LogP contribution in [0.2, 0.25) is 0 Å². The van der Waals surface area contributed by atoms with Crippen LogP contribution >= 0.6 is 0 Å². The lowest BCUT2D eigenvalue weighted by atomic mass is 10.0. The number of carbonyl (C=O) groups is 3. The number of carbonyl (C=O) groups excluding carboxylic acids is 1. The molecule has 0 saturated heterocycles. The van der Waals surface area contributed by atoms with Gasteiger partial charge in [0.1, 0.15) is 23.9 Å². The minimum absolute atomic E-state index is 0.0287. The number of rotatable bonds is 16. The zero-order chi connectivity index (χ0) is 31.3. The standard InChI is InChI=1S/C35H35NO8/c1-42-29-14-12-25(13-15-29)27-19-28(35(41)36-22-24-7-3-2-4-8-24)21-30(20-27)44-23-26-9-5-10-32(31(26)16-17-34(39)40)43-18-6-11-33(37)38/h2-5,7-10,12-15,19-21H,6,11,16-18,22-23H2,1H3,(H,36,41)(H,37,38)(H,39,40). The van der Waals surface area contributed by atoms with E-state index in [1.165, 1.54) is 0 Å². The summed E-state index contributed by atoms with van der Waals surface area (Å²) in [6, 6.07) is 27.8. The van der Waals surface area contributed by atoms with Crippen molar-refractivity contribution < 1.29 is 38.8 Å². The Balaban J connectivity index is 1.59. The molecule has 4 rings (SSSR count). The van der Waals surface area contributed by atoms with Crippen LogP contribution in [0.3, 0.4) is 0 Å². The fraction of sp³-hybridized carbons (Fsp3) is 0.229. The van der Waals surface area contributed by atoms with Crippen LogP contribution in [0, 0.1) is 0 Å². The van der Waals surface area contributed by atoms with Crippen LogP contribution in [-0.2, 0) is 29.2 Å². The van der Waals surface area contributed by atoms with Crippen molar-refractivity contribution in [3.8, 4) is 28.4 Å². The van der Waals surface area contributed by atoms with Gasteiger partial charge in [0.25, 0.3) is 5.91 Å². The Bertz CT molecular complexity index is 1570. The van der Waals surface area contributed by atoms with Crippen LogP contribution in [-0.4, -0.2) is 41.8 Å². The van der Waals surface area contributed by atoms with Gasteiger partial charge < -0.3 is 29.7 Å². The second-order valence-electron chi connectivity index (χ2n) is 10.1. The van der Waals surface area contributed by atoms with Crippen molar-refractivity contribution in [1.29, 1.82) is 0 Å². The molecule has 0 atom stereocenters. The minimum atomic E-state index is -0.948. The average molecular weight is 598 g/mol. The van der Waals surface area contributed by atoms with E-state index in [2.05, 4.69) is 5.32 Å². The van der Waals surface area contributed by atoms with E-state index in [-0.39, 0.29) is 38.4 Å². The minimum Gasteiger partial charge on any atom is -0.497 e. The molecule has 4 aromatic rings. The fourth-order valence-corrected chi connectivity index (χ4v) is 4.61. The van der Waals surface area contributed by atoms with Crippen LogP contribution < -0.4 is 19.5 Å². The molecule has 4 aromatic carbocycles. The van der Waals surface area contributed by atoms with E-state index in [9.17, 15) is 19.5 Å². The molecule has 0 aliphatic carbocycles. The molecule has 9 nitrogen and oxygen atoms in total. The van der Waals surface area contributed by atoms with Gasteiger partial charge in [-0.1, -0.05) is 54.6 Å². The fourth-order valence-electron chi connectivity index (χ4n) is 4.61. The Kier molecular flexibility index (Phi) is 11.3. The molecule has 1 amide bonds. The number of methoxy groups -OCH3 is 1. The summed E-state index contributed by atoms with van der Waals surface area (Å²) in [7, 11) is 1.60. The Hall–Kier alpha value is -5.31. The molecule has 9 heteroatoms. The van der Waals surface area contributed by atoms with Crippen LogP contribution in [0.4, 0.5) is 0 Å². The molecule has 0 spiro atoms. The summed E-state index contributed by atoms with van der Waals surface area (Å²) in [6.45, 7) is 0.648. The molecule has 0 unspecified atom stereocenters. The Morgan fingerprint density at radius 3 is 2.20 bits per heavy atom. The van der Waals surface area contributed by atoms with Crippen molar-refractivity contribution in [1.82, 2.24) is 5.32 Å². The van der Waals surface area contributed by atoms with E-state index < -0.39 is 11.9 Å².